The minimum Gasteiger partial charge on any atom is -0.478 e. The lowest BCUT2D eigenvalue weighted by atomic mass is 10.0. The molecular weight excluding hydrogens is 554 g/mol. The summed E-state index contributed by atoms with van der Waals surface area (Å²) >= 11 is 0. The van der Waals surface area contributed by atoms with Gasteiger partial charge in [0.05, 0.1) is 41.5 Å². The molecule has 1 atom stereocenters. The van der Waals surface area contributed by atoms with Gasteiger partial charge in [-0.1, -0.05) is 42.5 Å². The largest absolute Gasteiger partial charge is 0.478 e. The van der Waals surface area contributed by atoms with Crippen molar-refractivity contribution in [2.75, 3.05) is 19.7 Å². The molecule has 3 aromatic heterocycles. The molecule has 0 aliphatic carbocycles. The molecule has 44 heavy (non-hydrogen) atoms. The third-order valence-corrected chi connectivity index (χ3v) is 8.30. The van der Waals surface area contributed by atoms with Gasteiger partial charge in [-0.25, -0.2) is 14.8 Å². The fourth-order valence-electron chi connectivity index (χ4n) is 5.71. The van der Waals surface area contributed by atoms with Gasteiger partial charge in [0.15, 0.2) is 0 Å². The molecule has 5 heterocycles. The molecule has 9 heteroatoms. The Morgan fingerprint density at radius 3 is 2.64 bits per heavy atom. The minimum atomic E-state index is -0.937. The molecule has 2 aromatic carbocycles. The van der Waals surface area contributed by atoms with Gasteiger partial charge in [-0.3, -0.25) is 9.88 Å². The van der Waals surface area contributed by atoms with Crippen molar-refractivity contribution in [2.24, 2.45) is 0 Å². The molecule has 0 spiro atoms. The average molecular weight is 588 g/mol. The summed E-state index contributed by atoms with van der Waals surface area (Å²) in [5, 5.41) is 9.52. The zero-order chi connectivity index (χ0) is 29.9. The molecule has 1 saturated heterocycles. The number of fused-ring (bicyclic) bond motifs is 1. The number of hydrogen-bond donors (Lipinski definition) is 1. The maximum absolute atomic E-state index is 11.6. The predicted molar refractivity (Wildman–Crippen MR) is 167 cm³/mol. The number of pyridine rings is 2. The number of rotatable bonds is 10. The van der Waals surface area contributed by atoms with E-state index >= 15 is 0 Å². The van der Waals surface area contributed by atoms with E-state index in [2.05, 4.69) is 44.8 Å². The van der Waals surface area contributed by atoms with Crippen LogP contribution >= 0.6 is 0 Å². The second-order valence-corrected chi connectivity index (χ2v) is 11.2. The molecule has 1 N–H and O–H groups in total. The molecule has 9 nitrogen and oxygen atoms in total. The molecular formula is C35H33N5O4. The van der Waals surface area contributed by atoms with Crippen molar-refractivity contribution in [3.8, 4) is 17.0 Å². The van der Waals surface area contributed by atoms with Crippen molar-refractivity contribution in [1.29, 1.82) is 0 Å². The maximum atomic E-state index is 11.6. The number of hydrogen-bond acceptors (Lipinski definition) is 7. The maximum Gasteiger partial charge on any atom is 0.335 e. The summed E-state index contributed by atoms with van der Waals surface area (Å²) in [6.07, 6.45) is 7.87. The van der Waals surface area contributed by atoms with Crippen LogP contribution in [0, 0.1) is 0 Å². The molecule has 0 amide bonds. The normalized spacial score (nSPS) is 16.8. The fraction of sp³-hybridized carbons (Fsp3) is 0.257. The van der Waals surface area contributed by atoms with Crippen LogP contribution in [-0.2, 0) is 24.4 Å². The first-order valence-electron chi connectivity index (χ1n) is 14.9. The second-order valence-electron chi connectivity index (χ2n) is 11.2. The molecule has 7 rings (SSSR count). The Balaban J connectivity index is 1.00. The highest BCUT2D eigenvalue weighted by atomic mass is 16.5. The van der Waals surface area contributed by atoms with E-state index < -0.39 is 5.97 Å². The number of carboxylic acids is 1. The summed E-state index contributed by atoms with van der Waals surface area (Å²) in [5.74, 6) is 0.597. The zero-order valence-corrected chi connectivity index (χ0v) is 24.3. The van der Waals surface area contributed by atoms with E-state index in [1.54, 1.807) is 24.4 Å². The Kier molecular flexibility index (Phi) is 7.87. The monoisotopic (exact) mass is 587 g/mol. The highest BCUT2D eigenvalue weighted by molar-refractivity contribution is 5.92. The first-order valence-corrected chi connectivity index (χ1v) is 14.9. The van der Waals surface area contributed by atoms with Crippen LogP contribution in [-0.4, -0.2) is 61.3 Å². The topological polar surface area (TPSA) is 103 Å². The molecule has 1 fully saturated rings. The quantitative estimate of drug-likeness (QED) is 0.217. The molecule has 0 unspecified atom stereocenters. The van der Waals surface area contributed by atoms with E-state index in [-0.39, 0.29) is 11.7 Å². The van der Waals surface area contributed by atoms with E-state index in [4.69, 9.17) is 19.4 Å². The third-order valence-electron chi connectivity index (χ3n) is 8.30. The lowest BCUT2D eigenvalue weighted by molar-refractivity contribution is -0.0591. The van der Waals surface area contributed by atoms with E-state index in [0.29, 0.717) is 25.6 Å². The first-order chi connectivity index (χ1) is 21.6. The smallest absolute Gasteiger partial charge is 0.335 e. The fourth-order valence-corrected chi connectivity index (χ4v) is 5.71. The minimum absolute atomic E-state index is 0.138. The number of aromatic carboxylic acids is 1. The number of carbonyl (C=O) groups is 1. The van der Waals surface area contributed by atoms with Gasteiger partial charge in [0, 0.05) is 38.2 Å². The van der Waals surface area contributed by atoms with Crippen LogP contribution in [0.1, 0.15) is 40.3 Å². The third kappa shape index (κ3) is 6.10. The van der Waals surface area contributed by atoms with Gasteiger partial charge in [0.2, 0.25) is 5.88 Å². The number of nitrogens with zero attached hydrogens (tertiary/aromatic N) is 5. The molecule has 0 bridgehead atoms. The van der Waals surface area contributed by atoms with Crippen LogP contribution in [0.15, 0.2) is 91.3 Å². The standard InChI is InChI=1S/C35H33N5O4/c41-35(42)27-10-11-31-32(19-27)40(21-29-14-18-43-29)33(37-31)22-39-16-12-26(13-17-39)30-4-1-5-34(38-30)44-23-24-6-8-25(9-7-24)28-3-2-15-36-20-28/h1-12,15,19-20,29H,13-14,16-18,21-23H2,(H,41,42)/t29-/m0/s1. The molecule has 2 aliphatic heterocycles. The van der Waals surface area contributed by atoms with Crippen LogP contribution in [0.3, 0.4) is 0 Å². The lowest BCUT2D eigenvalue weighted by Crippen LogP contribution is -2.33. The molecule has 222 valence electrons. The van der Waals surface area contributed by atoms with Crippen LogP contribution in [0.25, 0.3) is 27.7 Å². The number of benzene rings is 2. The van der Waals surface area contributed by atoms with Crippen LogP contribution in [0.4, 0.5) is 0 Å². The van der Waals surface area contributed by atoms with Gasteiger partial charge in [-0.15, -0.1) is 0 Å². The lowest BCUT2D eigenvalue weighted by Gasteiger charge is -2.29. The number of ether oxygens (including phenoxy) is 2. The molecule has 2 aliphatic rings. The Morgan fingerprint density at radius 1 is 1.02 bits per heavy atom. The van der Waals surface area contributed by atoms with Crippen molar-refractivity contribution in [1.82, 2.24) is 24.4 Å². The van der Waals surface area contributed by atoms with Gasteiger partial charge < -0.3 is 19.1 Å². The summed E-state index contributed by atoms with van der Waals surface area (Å²) in [6, 6.07) is 23.4. The second kappa shape index (κ2) is 12.4. The van der Waals surface area contributed by atoms with Gasteiger partial charge in [0.25, 0.3) is 0 Å². The summed E-state index contributed by atoms with van der Waals surface area (Å²) in [5.41, 5.74) is 7.34. The number of imidazole rings is 1. The molecule has 0 saturated carbocycles. The molecule has 0 radical (unpaired) electrons. The number of carboxylic acid groups (broad SMARTS) is 1. The highest BCUT2D eigenvalue weighted by Gasteiger charge is 2.24. The van der Waals surface area contributed by atoms with Crippen molar-refractivity contribution in [3.63, 3.8) is 0 Å². The van der Waals surface area contributed by atoms with Crippen molar-refractivity contribution < 1.29 is 19.4 Å². The van der Waals surface area contributed by atoms with E-state index in [1.807, 2.05) is 36.5 Å². The highest BCUT2D eigenvalue weighted by Crippen LogP contribution is 2.27. The Hall–Kier alpha value is -4.86. The first kappa shape index (κ1) is 27.9. The van der Waals surface area contributed by atoms with Gasteiger partial charge >= 0.3 is 5.97 Å². The summed E-state index contributed by atoms with van der Waals surface area (Å²) in [4.78, 5) is 27.9. The summed E-state index contributed by atoms with van der Waals surface area (Å²) in [6.45, 7) is 4.20. The molecule has 5 aromatic rings. The van der Waals surface area contributed by atoms with Gasteiger partial charge in [-0.2, -0.15) is 0 Å². The average Bonchev–Trinajstić information content (AvgIpc) is 3.38. The van der Waals surface area contributed by atoms with E-state index in [9.17, 15) is 9.90 Å². The van der Waals surface area contributed by atoms with Crippen molar-refractivity contribution >= 4 is 22.6 Å². The SMILES string of the molecule is O=C(O)c1ccc2nc(CN3CC=C(c4cccc(OCc5ccc(-c6cccnc6)cc5)n4)CC3)n(C[C@@H]3CCO3)c2c1. The Morgan fingerprint density at radius 2 is 1.91 bits per heavy atom. The van der Waals surface area contributed by atoms with Crippen LogP contribution in [0.5, 0.6) is 5.88 Å². The van der Waals surface area contributed by atoms with Crippen molar-refractivity contribution in [3.05, 3.63) is 114 Å². The van der Waals surface area contributed by atoms with Crippen LogP contribution < -0.4 is 4.74 Å². The summed E-state index contributed by atoms with van der Waals surface area (Å²) < 4.78 is 13.9. The zero-order valence-electron chi connectivity index (χ0n) is 24.3. The van der Waals surface area contributed by atoms with E-state index in [0.717, 1.165) is 71.8 Å². The predicted octanol–water partition coefficient (Wildman–Crippen LogP) is 5.85. The van der Waals surface area contributed by atoms with Gasteiger partial charge in [-0.05, 0) is 65.4 Å². The van der Waals surface area contributed by atoms with Gasteiger partial charge in [0.1, 0.15) is 12.4 Å². The number of aromatic nitrogens is 4. The van der Waals surface area contributed by atoms with Crippen molar-refractivity contribution in [2.45, 2.75) is 38.6 Å². The Labute approximate surface area is 255 Å². The van der Waals surface area contributed by atoms with Crippen LogP contribution in [0.2, 0.25) is 0 Å². The summed E-state index contributed by atoms with van der Waals surface area (Å²) in [7, 11) is 0. The van der Waals surface area contributed by atoms with E-state index in [1.165, 1.54) is 5.57 Å². The Bertz CT molecular complexity index is 1810.